The molecule has 21 heavy (non-hydrogen) atoms. The number of rotatable bonds is 2. The molecule has 1 aromatic rings. The second-order valence-corrected chi connectivity index (χ2v) is 5.90. The summed E-state index contributed by atoms with van der Waals surface area (Å²) in [6.07, 6.45) is 1.32. The van der Waals surface area contributed by atoms with E-state index in [1.807, 2.05) is 0 Å². The minimum atomic E-state index is -0.734. The molecular formula is C14H19N3O4. The number of hydrazone groups is 1. The number of ether oxygens (including phenoxy) is 1. The topological polar surface area (TPSA) is 107 Å². The molecule has 7 heteroatoms. The van der Waals surface area contributed by atoms with Crippen molar-refractivity contribution in [2.75, 3.05) is 7.11 Å². The van der Waals surface area contributed by atoms with E-state index in [1.54, 1.807) is 6.92 Å². The predicted octanol–water partition coefficient (Wildman–Crippen LogP) is 1.72. The molecule has 0 saturated carbocycles. The summed E-state index contributed by atoms with van der Waals surface area (Å²) < 4.78 is 10.4. The standard InChI is InChI=1S/C14H19N3O4/c1-7-10-8(16-17-13(15)19)5-14(2,3)6-9(10)21-11(7)12(18)20-4/h5-6H2,1-4H3,(H3,15,17,19)/b16-8-. The zero-order valence-corrected chi connectivity index (χ0v) is 12.6. The average Bonchev–Trinajstić information content (AvgIpc) is 2.70. The first-order valence-corrected chi connectivity index (χ1v) is 6.58. The summed E-state index contributed by atoms with van der Waals surface area (Å²) in [5.74, 6) is 0.322. The van der Waals surface area contributed by atoms with Crippen LogP contribution >= 0.6 is 0 Å². The highest BCUT2D eigenvalue weighted by atomic mass is 16.5. The van der Waals surface area contributed by atoms with Gasteiger partial charge in [-0.3, -0.25) is 0 Å². The third kappa shape index (κ3) is 2.91. The molecule has 2 rings (SSSR count). The lowest BCUT2D eigenvalue weighted by Crippen LogP contribution is -2.31. The van der Waals surface area contributed by atoms with Gasteiger partial charge in [0.1, 0.15) is 5.76 Å². The van der Waals surface area contributed by atoms with E-state index in [-0.39, 0.29) is 11.2 Å². The van der Waals surface area contributed by atoms with Crippen LogP contribution in [0.2, 0.25) is 0 Å². The van der Waals surface area contributed by atoms with Crippen LogP contribution in [0.3, 0.4) is 0 Å². The van der Waals surface area contributed by atoms with E-state index < -0.39 is 12.0 Å². The zero-order valence-electron chi connectivity index (χ0n) is 12.6. The van der Waals surface area contributed by atoms with Crippen LogP contribution in [-0.4, -0.2) is 24.8 Å². The van der Waals surface area contributed by atoms with Crippen molar-refractivity contribution in [3.05, 3.63) is 22.6 Å². The minimum absolute atomic E-state index is 0.0944. The lowest BCUT2D eigenvalue weighted by atomic mass is 9.75. The summed E-state index contributed by atoms with van der Waals surface area (Å²) in [6.45, 7) is 5.89. The van der Waals surface area contributed by atoms with Gasteiger partial charge in [0.05, 0.1) is 12.8 Å². The highest BCUT2D eigenvalue weighted by Crippen LogP contribution is 2.38. The number of esters is 1. The van der Waals surface area contributed by atoms with Crippen LogP contribution in [0.4, 0.5) is 4.79 Å². The van der Waals surface area contributed by atoms with Gasteiger partial charge in [-0.15, -0.1) is 0 Å². The third-order valence-electron chi connectivity index (χ3n) is 3.47. The van der Waals surface area contributed by atoms with Crippen LogP contribution in [0.25, 0.3) is 0 Å². The molecule has 0 fully saturated rings. The van der Waals surface area contributed by atoms with Gasteiger partial charge in [0.2, 0.25) is 5.76 Å². The quantitative estimate of drug-likeness (QED) is 0.639. The van der Waals surface area contributed by atoms with Crippen LogP contribution in [-0.2, 0) is 11.2 Å². The van der Waals surface area contributed by atoms with E-state index in [0.717, 1.165) is 5.56 Å². The molecule has 0 radical (unpaired) electrons. The number of nitrogens with one attached hydrogen (secondary N) is 1. The summed E-state index contributed by atoms with van der Waals surface area (Å²) in [7, 11) is 1.30. The maximum absolute atomic E-state index is 11.7. The Bertz CT molecular complexity index is 628. The van der Waals surface area contributed by atoms with Crippen molar-refractivity contribution in [2.24, 2.45) is 16.3 Å². The lowest BCUT2D eigenvalue weighted by Gasteiger charge is -2.29. The van der Waals surface area contributed by atoms with Gasteiger partial charge in [-0.2, -0.15) is 5.10 Å². The van der Waals surface area contributed by atoms with Crippen molar-refractivity contribution >= 4 is 17.7 Å². The molecular weight excluding hydrogens is 274 g/mol. The first kappa shape index (κ1) is 15.1. The molecule has 0 bridgehead atoms. The molecule has 0 spiro atoms. The first-order chi connectivity index (χ1) is 9.75. The van der Waals surface area contributed by atoms with Crippen molar-refractivity contribution in [1.82, 2.24) is 5.43 Å². The third-order valence-corrected chi connectivity index (χ3v) is 3.47. The molecule has 0 aromatic carbocycles. The Morgan fingerprint density at radius 3 is 2.62 bits per heavy atom. The van der Waals surface area contributed by atoms with Gasteiger partial charge in [-0.05, 0) is 18.8 Å². The van der Waals surface area contributed by atoms with Crippen molar-refractivity contribution in [1.29, 1.82) is 0 Å². The van der Waals surface area contributed by atoms with E-state index in [1.165, 1.54) is 7.11 Å². The SMILES string of the molecule is COC(=O)c1oc2c(c1C)/C(=N\NC(N)=O)CC(C)(C)C2. The number of furan rings is 1. The molecule has 2 amide bonds. The first-order valence-electron chi connectivity index (χ1n) is 6.58. The number of amides is 2. The maximum atomic E-state index is 11.7. The van der Waals surface area contributed by atoms with Gasteiger partial charge in [0, 0.05) is 17.5 Å². The van der Waals surface area contributed by atoms with Crippen LogP contribution in [0.1, 0.15) is 47.7 Å². The van der Waals surface area contributed by atoms with Crippen molar-refractivity contribution in [2.45, 2.75) is 33.6 Å². The summed E-state index contributed by atoms with van der Waals surface area (Å²) in [6, 6.07) is -0.734. The molecule has 0 saturated heterocycles. The predicted molar refractivity (Wildman–Crippen MR) is 76.1 cm³/mol. The van der Waals surface area contributed by atoms with Gasteiger partial charge in [0.25, 0.3) is 0 Å². The van der Waals surface area contributed by atoms with E-state index in [9.17, 15) is 9.59 Å². The zero-order chi connectivity index (χ0) is 15.8. The van der Waals surface area contributed by atoms with Gasteiger partial charge >= 0.3 is 12.0 Å². The highest BCUT2D eigenvalue weighted by molar-refractivity contribution is 6.06. The molecule has 1 aliphatic carbocycles. The Morgan fingerprint density at radius 1 is 1.38 bits per heavy atom. The molecule has 7 nitrogen and oxygen atoms in total. The van der Waals surface area contributed by atoms with Gasteiger partial charge in [0.15, 0.2) is 0 Å². The van der Waals surface area contributed by atoms with Crippen LogP contribution in [0.15, 0.2) is 9.52 Å². The molecule has 1 aromatic heterocycles. The second-order valence-electron chi connectivity index (χ2n) is 5.90. The number of nitrogens with zero attached hydrogens (tertiary/aromatic N) is 1. The second kappa shape index (κ2) is 5.23. The van der Waals surface area contributed by atoms with E-state index in [0.29, 0.717) is 29.9 Å². The summed E-state index contributed by atoms with van der Waals surface area (Å²) in [4.78, 5) is 22.6. The van der Waals surface area contributed by atoms with Crippen molar-refractivity contribution in [3.63, 3.8) is 0 Å². The van der Waals surface area contributed by atoms with Gasteiger partial charge in [-0.1, -0.05) is 13.8 Å². The van der Waals surface area contributed by atoms with E-state index >= 15 is 0 Å². The largest absolute Gasteiger partial charge is 0.463 e. The minimum Gasteiger partial charge on any atom is -0.463 e. The summed E-state index contributed by atoms with van der Waals surface area (Å²) >= 11 is 0. The Hall–Kier alpha value is -2.31. The number of urea groups is 1. The Balaban J connectivity index is 2.53. The molecule has 1 heterocycles. The highest BCUT2D eigenvalue weighted by Gasteiger charge is 2.36. The molecule has 0 atom stereocenters. The number of carbonyl (C=O) groups excluding carboxylic acids is 2. The Labute approximate surface area is 122 Å². The Morgan fingerprint density at radius 2 is 2.05 bits per heavy atom. The smallest absolute Gasteiger partial charge is 0.374 e. The Kier molecular flexibility index (Phi) is 3.76. The monoisotopic (exact) mass is 293 g/mol. The van der Waals surface area contributed by atoms with Crippen molar-refractivity contribution < 1.29 is 18.7 Å². The molecule has 3 N–H and O–H groups in total. The van der Waals surface area contributed by atoms with Gasteiger partial charge in [-0.25, -0.2) is 15.0 Å². The summed E-state index contributed by atoms with van der Waals surface area (Å²) in [5, 5.41) is 4.06. The molecule has 0 unspecified atom stereocenters. The maximum Gasteiger partial charge on any atom is 0.374 e. The van der Waals surface area contributed by atoms with Gasteiger partial charge < -0.3 is 14.9 Å². The fourth-order valence-corrected chi connectivity index (χ4v) is 2.62. The fraction of sp³-hybridized carbons (Fsp3) is 0.500. The number of nitrogens with two attached hydrogens (primary N) is 1. The number of primary amides is 1. The number of methoxy groups -OCH3 is 1. The number of hydrogen-bond acceptors (Lipinski definition) is 5. The number of hydrogen-bond donors (Lipinski definition) is 2. The number of carbonyl (C=O) groups is 2. The lowest BCUT2D eigenvalue weighted by molar-refractivity contribution is 0.0560. The van der Waals surface area contributed by atoms with Crippen LogP contribution in [0, 0.1) is 12.3 Å². The van der Waals surface area contributed by atoms with Crippen molar-refractivity contribution in [3.8, 4) is 0 Å². The van der Waals surface area contributed by atoms with Crippen LogP contribution < -0.4 is 11.2 Å². The van der Waals surface area contributed by atoms with Crippen LogP contribution in [0.5, 0.6) is 0 Å². The normalized spacial score (nSPS) is 18.2. The average molecular weight is 293 g/mol. The van der Waals surface area contributed by atoms with E-state index in [2.05, 4.69) is 24.4 Å². The van der Waals surface area contributed by atoms with E-state index in [4.69, 9.17) is 14.9 Å². The molecule has 114 valence electrons. The molecule has 0 aliphatic heterocycles. The molecule has 1 aliphatic rings. The fourth-order valence-electron chi connectivity index (χ4n) is 2.62. The summed E-state index contributed by atoms with van der Waals surface area (Å²) in [5.41, 5.74) is 9.27. The number of fused-ring (bicyclic) bond motifs is 1.